The summed E-state index contributed by atoms with van der Waals surface area (Å²) in [4.78, 5) is 0. The van der Waals surface area contributed by atoms with Gasteiger partial charge in [-0.15, -0.1) is 0 Å². The van der Waals surface area contributed by atoms with Gasteiger partial charge in [0.1, 0.15) is 17.1 Å². The van der Waals surface area contributed by atoms with Crippen LogP contribution in [0.3, 0.4) is 0 Å². The number of hydrogen-bond donors (Lipinski definition) is 2. The maximum Gasteiger partial charge on any atom is 0.141 e. The van der Waals surface area contributed by atoms with Crippen LogP contribution in [0.1, 0.15) is 75.4 Å². The molecule has 1 atom stereocenters. The van der Waals surface area contributed by atoms with Crippen molar-refractivity contribution in [2.45, 2.75) is 64.0 Å². The molecule has 3 rings (SSSR count). The van der Waals surface area contributed by atoms with Crippen LogP contribution in [-0.4, -0.2) is 19.3 Å². The third kappa shape index (κ3) is 4.84. The lowest BCUT2D eigenvalue weighted by Crippen LogP contribution is -2.41. The molecule has 0 bridgehead atoms. The summed E-state index contributed by atoms with van der Waals surface area (Å²) in [5.74, 6) is 1.15. The fraction of sp³-hybridized carbons (Fsp3) is 0.400. The lowest BCUT2D eigenvalue weighted by molar-refractivity contribution is 0.0459. The van der Waals surface area contributed by atoms with E-state index in [1.807, 2.05) is 66.7 Å². The van der Waals surface area contributed by atoms with E-state index in [4.69, 9.17) is 15.2 Å². The molecule has 0 fully saturated rings. The molecule has 0 aliphatic rings. The summed E-state index contributed by atoms with van der Waals surface area (Å²) in [6, 6.07) is 20.9. The zero-order valence-electron chi connectivity index (χ0n) is 21.8. The predicted octanol–water partition coefficient (Wildman–Crippen LogP) is 6.23. The molecule has 4 nitrogen and oxygen atoms in total. The topological polar surface area (TPSA) is 64.7 Å². The zero-order chi connectivity index (χ0) is 25.3. The Labute approximate surface area is 204 Å². The van der Waals surface area contributed by atoms with Gasteiger partial charge in [-0.1, -0.05) is 84.0 Å². The molecule has 0 unspecified atom stereocenters. The van der Waals surface area contributed by atoms with Crippen molar-refractivity contribution >= 4 is 0 Å². The van der Waals surface area contributed by atoms with Crippen LogP contribution in [-0.2, 0) is 16.4 Å². The average molecular weight is 462 g/mol. The van der Waals surface area contributed by atoms with Crippen molar-refractivity contribution in [2.24, 2.45) is 5.73 Å². The van der Waals surface area contributed by atoms with E-state index in [-0.39, 0.29) is 10.8 Å². The van der Waals surface area contributed by atoms with E-state index < -0.39 is 11.6 Å². The second kappa shape index (κ2) is 9.44. The summed E-state index contributed by atoms with van der Waals surface area (Å²) >= 11 is 0. The summed E-state index contributed by atoms with van der Waals surface area (Å²) in [6.45, 7) is 12.9. The monoisotopic (exact) mass is 461 g/mol. The molecule has 0 aliphatic heterocycles. The highest BCUT2D eigenvalue weighted by Gasteiger charge is 2.44. The quantitative estimate of drug-likeness (QED) is 0.456. The third-order valence-corrected chi connectivity index (χ3v) is 6.56. The zero-order valence-corrected chi connectivity index (χ0v) is 21.8. The van der Waals surface area contributed by atoms with Crippen LogP contribution in [0.4, 0.5) is 0 Å². The molecule has 182 valence electrons. The van der Waals surface area contributed by atoms with Gasteiger partial charge in [-0.25, -0.2) is 0 Å². The Morgan fingerprint density at radius 2 is 1.09 bits per heavy atom. The SMILES string of the molecule is COc1ccc(C(C)(C)C)cc1C(O)(c1cc(C(C)(C)C)ccc1OC)[C@@H](N)c1ccccc1. The molecular weight excluding hydrogens is 422 g/mol. The minimum absolute atomic E-state index is 0.129. The lowest BCUT2D eigenvalue weighted by atomic mass is 9.73. The summed E-state index contributed by atoms with van der Waals surface area (Å²) < 4.78 is 11.6. The molecule has 34 heavy (non-hydrogen) atoms. The predicted molar refractivity (Wildman–Crippen MR) is 140 cm³/mol. The maximum atomic E-state index is 12.8. The van der Waals surface area contributed by atoms with Crippen LogP contribution in [0.25, 0.3) is 0 Å². The van der Waals surface area contributed by atoms with Crippen molar-refractivity contribution in [3.05, 3.63) is 94.5 Å². The Kier molecular flexibility index (Phi) is 7.16. The van der Waals surface area contributed by atoms with Crippen molar-refractivity contribution in [1.82, 2.24) is 0 Å². The van der Waals surface area contributed by atoms with Crippen LogP contribution >= 0.6 is 0 Å². The summed E-state index contributed by atoms with van der Waals surface area (Å²) in [6.07, 6.45) is 0. The van der Waals surface area contributed by atoms with Gasteiger partial charge in [0.2, 0.25) is 0 Å². The van der Waals surface area contributed by atoms with Crippen molar-refractivity contribution < 1.29 is 14.6 Å². The van der Waals surface area contributed by atoms with E-state index in [2.05, 4.69) is 41.5 Å². The Morgan fingerprint density at radius 3 is 1.44 bits per heavy atom. The van der Waals surface area contributed by atoms with E-state index in [0.717, 1.165) is 16.7 Å². The molecule has 3 N–H and O–H groups in total. The lowest BCUT2D eigenvalue weighted by Gasteiger charge is -2.38. The van der Waals surface area contributed by atoms with E-state index >= 15 is 0 Å². The number of methoxy groups -OCH3 is 2. The molecule has 0 aliphatic carbocycles. The molecule has 0 radical (unpaired) electrons. The molecule has 0 saturated heterocycles. The maximum absolute atomic E-state index is 12.8. The van der Waals surface area contributed by atoms with Gasteiger partial charge in [0.15, 0.2) is 0 Å². The molecule has 0 amide bonds. The van der Waals surface area contributed by atoms with Gasteiger partial charge in [0.05, 0.1) is 20.3 Å². The minimum Gasteiger partial charge on any atom is -0.496 e. The van der Waals surface area contributed by atoms with E-state index in [0.29, 0.717) is 22.6 Å². The first-order valence-electron chi connectivity index (χ1n) is 11.7. The second-order valence-electron chi connectivity index (χ2n) is 11.0. The third-order valence-electron chi connectivity index (χ3n) is 6.56. The standard InChI is InChI=1S/C30H39NO3/c1-28(2,3)21-14-16-25(33-7)23(18-21)30(32,27(31)20-12-10-9-11-13-20)24-19-22(29(4,5)6)15-17-26(24)34-8/h9-19,27,32H,31H2,1-8H3/t27-/m0/s1. The molecule has 3 aromatic rings. The minimum atomic E-state index is -1.62. The average Bonchev–Trinajstić information content (AvgIpc) is 2.81. The molecule has 0 aromatic heterocycles. The van der Waals surface area contributed by atoms with Crippen molar-refractivity contribution in [1.29, 1.82) is 0 Å². The molecular formula is C30H39NO3. The number of hydrogen-bond acceptors (Lipinski definition) is 4. The van der Waals surface area contributed by atoms with Crippen LogP contribution in [0.5, 0.6) is 11.5 Å². The number of nitrogens with two attached hydrogens (primary N) is 1. The summed E-state index contributed by atoms with van der Waals surface area (Å²) in [5, 5.41) is 12.8. The Bertz CT molecular complexity index is 1060. The Morgan fingerprint density at radius 1 is 0.676 bits per heavy atom. The van der Waals surface area contributed by atoms with Gasteiger partial charge >= 0.3 is 0 Å². The summed E-state index contributed by atoms with van der Waals surface area (Å²) in [5.41, 5.74) is 9.26. The highest BCUT2D eigenvalue weighted by molar-refractivity contribution is 5.55. The Balaban J connectivity index is 2.44. The molecule has 3 aromatic carbocycles. The first kappa shape index (κ1) is 25.8. The second-order valence-corrected chi connectivity index (χ2v) is 11.0. The van der Waals surface area contributed by atoms with Gasteiger partial charge in [0.25, 0.3) is 0 Å². The number of rotatable bonds is 6. The normalized spacial score (nSPS) is 13.5. The fourth-order valence-corrected chi connectivity index (χ4v) is 4.33. The van der Waals surface area contributed by atoms with Crippen molar-refractivity contribution in [3.8, 4) is 11.5 Å². The summed E-state index contributed by atoms with van der Waals surface area (Å²) in [7, 11) is 3.24. The molecule has 0 spiro atoms. The van der Waals surface area contributed by atoms with Crippen LogP contribution in [0, 0.1) is 0 Å². The van der Waals surface area contributed by atoms with Crippen LogP contribution in [0.2, 0.25) is 0 Å². The highest BCUT2D eigenvalue weighted by atomic mass is 16.5. The van der Waals surface area contributed by atoms with E-state index in [1.54, 1.807) is 14.2 Å². The number of ether oxygens (including phenoxy) is 2. The van der Waals surface area contributed by atoms with Crippen molar-refractivity contribution in [2.75, 3.05) is 14.2 Å². The van der Waals surface area contributed by atoms with Crippen molar-refractivity contribution in [3.63, 3.8) is 0 Å². The van der Waals surface area contributed by atoms with E-state index in [1.165, 1.54) is 0 Å². The largest absolute Gasteiger partial charge is 0.496 e. The number of aliphatic hydroxyl groups is 1. The smallest absolute Gasteiger partial charge is 0.141 e. The van der Waals surface area contributed by atoms with Crippen LogP contribution < -0.4 is 15.2 Å². The van der Waals surface area contributed by atoms with Gasteiger partial charge < -0.3 is 20.3 Å². The fourth-order valence-electron chi connectivity index (χ4n) is 4.33. The van der Waals surface area contributed by atoms with Gasteiger partial charge in [-0.05, 0) is 51.8 Å². The molecule has 4 heteroatoms. The number of benzene rings is 3. The van der Waals surface area contributed by atoms with Crippen LogP contribution in [0.15, 0.2) is 66.7 Å². The molecule has 0 heterocycles. The van der Waals surface area contributed by atoms with Gasteiger partial charge in [-0.3, -0.25) is 0 Å². The highest BCUT2D eigenvalue weighted by Crippen LogP contribution is 2.48. The van der Waals surface area contributed by atoms with Gasteiger partial charge in [0, 0.05) is 11.1 Å². The van der Waals surface area contributed by atoms with E-state index in [9.17, 15) is 5.11 Å². The Hall–Kier alpha value is -2.82. The first-order chi connectivity index (χ1) is 15.8. The first-order valence-corrected chi connectivity index (χ1v) is 11.7. The van der Waals surface area contributed by atoms with Gasteiger partial charge in [-0.2, -0.15) is 0 Å². The molecule has 0 saturated carbocycles.